The van der Waals surface area contributed by atoms with Crippen molar-refractivity contribution in [2.45, 2.75) is 19.0 Å². The van der Waals surface area contributed by atoms with Gasteiger partial charge in [-0.05, 0) is 34.7 Å². The molecule has 2 N–H and O–H groups in total. The zero-order valence-corrected chi connectivity index (χ0v) is 12.5. The maximum atomic E-state index is 6.09. The fourth-order valence-electron chi connectivity index (χ4n) is 2.99. The summed E-state index contributed by atoms with van der Waals surface area (Å²) in [6.45, 7) is 2.35. The molecule has 3 heterocycles. The van der Waals surface area contributed by atoms with Crippen molar-refractivity contribution in [3.63, 3.8) is 0 Å². The Morgan fingerprint density at radius 3 is 3.19 bits per heavy atom. The average Bonchev–Trinajstić information content (AvgIpc) is 3.21. The van der Waals surface area contributed by atoms with Gasteiger partial charge in [0.2, 0.25) is 0 Å². The van der Waals surface area contributed by atoms with Crippen LogP contribution in [0.15, 0.2) is 40.7 Å². The number of nitrogens with two attached hydrogens (primary N) is 1. The predicted octanol–water partition coefficient (Wildman–Crippen LogP) is 2.55. The molecule has 1 aromatic carbocycles. The molecular formula is C16H17N3OS. The Bertz CT molecular complexity index is 681. The fourth-order valence-corrected chi connectivity index (χ4v) is 3.69. The number of fused-ring (bicyclic) bond motifs is 1. The van der Waals surface area contributed by atoms with Crippen LogP contribution in [0.5, 0.6) is 5.75 Å². The van der Waals surface area contributed by atoms with E-state index in [9.17, 15) is 0 Å². The molecule has 0 radical (unpaired) electrons. The van der Waals surface area contributed by atoms with Gasteiger partial charge in [0.25, 0.3) is 0 Å². The topological polar surface area (TPSA) is 50.9 Å². The number of thiophene rings is 1. The monoisotopic (exact) mass is 299 g/mol. The first kappa shape index (κ1) is 12.7. The lowest BCUT2D eigenvalue weighted by molar-refractivity contribution is 0.342. The van der Waals surface area contributed by atoms with Gasteiger partial charge in [0.1, 0.15) is 5.75 Å². The Hall–Kier alpha value is -2.01. The molecule has 0 saturated carbocycles. The minimum atomic E-state index is 0.234. The van der Waals surface area contributed by atoms with Crippen molar-refractivity contribution < 1.29 is 4.74 Å². The minimum Gasteiger partial charge on any atom is -0.493 e. The molecule has 2 aliphatic heterocycles. The minimum absolute atomic E-state index is 0.234. The van der Waals surface area contributed by atoms with Crippen LogP contribution >= 0.6 is 11.3 Å². The quantitative estimate of drug-likeness (QED) is 0.947. The zero-order valence-electron chi connectivity index (χ0n) is 11.7. The second-order valence-electron chi connectivity index (χ2n) is 5.39. The van der Waals surface area contributed by atoms with Gasteiger partial charge in [0, 0.05) is 11.3 Å². The lowest BCUT2D eigenvalue weighted by Gasteiger charge is -2.26. The molecule has 108 valence electrons. The molecule has 0 bridgehead atoms. The SMILES string of the molecule is NC1=NCC(c2ccc3c(c2)CCO3)N1Cc1cccs1. The fraction of sp³-hybridized carbons (Fsp3) is 0.312. The van der Waals surface area contributed by atoms with E-state index in [0.717, 1.165) is 31.9 Å². The normalized spacial score (nSPS) is 20.3. The Morgan fingerprint density at radius 2 is 2.33 bits per heavy atom. The van der Waals surface area contributed by atoms with Crippen LogP contribution in [0, 0.1) is 0 Å². The largest absolute Gasteiger partial charge is 0.493 e. The van der Waals surface area contributed by atoms with Crippen LogP contribution in [0.4, 0.5) is 0 Å². The van der Waals surface area contributed by atoms with Crippen LogP contribution < -0.4 is 10.5 Å². The Morgan fingerprint density at radius 1 is 1.38 bits per heavy atom. The van der Waals surface area contributed by atoms with Crippen molar-refractivity contribution in [2.75, 3.05) is 13.2 Å². The third-order valence-corrected chi connectivity index (χ3v) is 4.96. The molecule has 2 aromatic rings. The number of guanidine groups is 1. The van der Waals surface area contributed by atoms with E-state index in [0.29, 0.717) is 5.96 Å². The van der Waals surface area contributed by atoms with Crippen LogP contribution in [0.3, 0.4) is 0 Å². The van der Waals surface area contributed by atoms with E-state index < -0.39 is 0 Å². The van der Waals surface area contributed by atoms with Gasteiger partial charge in [-0.25, -0.2) is 0 Å². The first-order chi connectivity index (χ1) is 10.3. The summed E-state index contributed by atoms with van der Waals surface area (Å²) in [7, 11) is 0. The molecule has 4 rings (SSSR count). The number of hydrogen-bond acceptors (Lipinski definition) is 5. The molecule has 0 saturated heterocycles. The van der Waals surface area contributed by atoms with Crippen molar-refractivity contribution in [3.8, 4) is 5.75 Å². The van der Waals surface area contributed by atoms with Crippen molar-refractivity contribution in [1.29, 1.82) is 0 Å². The second kappa shape index (κ2) is 5.07. The molecule has 1 aromatic heterocycles. The summed E-state index contributed by atoms with van der Waals surface area (Å²) in [6.07, 6.45) is 0.997. The highest BCUT2D eigenvalue weighted by molar-refractivity contribution is 7.09. The smallest absolute Gasteiger partial charge is 0.192 e. The highest BCUT2D eigenvalue weighted by Crippen LogP contribution is 2.33. The predicted molar refractivity (Wildman–Crippen MR) is 84.7 cm³/mol. The molecule has 21 heavy (non-hydrogen) atoms. The summed E-state index contributed by atoms with van der Waals surface area (Å²) in [6, 6.07) is 10.9. The summed E-state index contributed by atoms with van der Waals surface area (Å²) < 4.78 is 5.58. The molecule has 5 heteroatoms. The summed E-state index contributed by atoms with van der Waals surface area (Å²) in [4.78, 5) is 7.95. The van der Waals surface area contributed by atoms with Gasteiger partial charge in [-0.15, -0.1) is 11.3 Å². The van der Waals surface area contributed by atoms with Gasteiger partial charge >= 0.3 is 0 Å². The van der Waals surface area contributed by atoms with Gasteiger partial charge in [-0.1, -0.05) is 12.1 Å². The molecule has 2 aliphatic rings. The number of hydrogen-bond donors (Lipinski definition) is 1. The van der Waals surface area contributed by atoms with E-state index in [4.69, 9.17) is 10.5 Å². The summed E-state index contributed by atoms with van der Waals surface area (Å²) in [5.41, 5.74) is 8.67. The van der Waals surface area contributed by atoms with Crippen LogP contribution in [0.2, 0.25) is 0 Å². The highest BCUT2D eigenvalue weighted by atomic mass is 32.1. The number of ether oxygens (including phenoxy) is 1. The Balaban J connectivity index is 1.61. The number of benzene rings is 1. The molecular weight excluding hydrogens is 282 g/mol. The first-order valence-electron chi connectivity index (χ1n) is 7.16. The van der Waals surface area contributed by atoms with E-state index in [-0.39, 0.29) is 6.04 Å². The van der Waals surface area contributed by atoms with Gasteiger partial charge in [0.15, 0.2) is 5.96 Å². The molecule has 0 aliphatic carbocycles. The number of aliphatic imine (C=N–C) groups is 1. The van der Waals surface area contributed by atoms with E-state index in [2.05, 4.69) is 45.6 Å². The van der Waals surface area contributed by atoms with E-state index in [1.165, 1.54) is 16.0 Å². The lowest BCUT2D eigenvalue weighted by atomic mass is 10.0. The maximum absolute atomic E-state index is 6.09. The standard InChI is InChI=1S/C16H17N3OS/c17-16-18-9-14(19(16)10-13-2-1-7-21-13)11-3-4-15-12(8-11)5-6-20-15/h1-4,7-8,14H,5-6,9-10H2,(H2,17,18). The molecule has 1 atom stereocenters. The number of rotatable bonds is 3. The van der Waals surface area contributed by atoms with Crippen molar-refractivity contribution in [1.82, 2.24) is 4.90 Å². The van der Waals surface area contributed by atoms with Crippen molar-refractivity contribution in [2.24, 2.45) is 10.7 Å². The maximum Gasteiger partial charge on any atom is 0.192 e. The molecule has 4 nitrogen and oxygen atoms in total. The molecule has 0 amide bonds. The average molecular weight is 299 g/mol. The Labute approximate surface area is 127 Å². The van der Waals surface area contributed by atoms with Crippen LogP contribution in [-0.2, 0) is 13.0 Å². The molecule has 1 unspecified atom stereocenters. The first-order valence-corrected chi connectivity index (χ1v) is 8.04. The van der Waals surface area contributed by atoms with Crippen molar-refractivity contribution in [3.05, 3.63) is 51.7 Å². The highest BCUT2D eigenvalue weighted by Gasteiger charge is 2.28. The van der Waals surface area contributed by atoms with Crippen LogP contribution in [0.1, 0.15) is 22.0 Å². The number of nitrogens with zero attached hydrogens (tertiary/aromatic N) is 2. The van der Waals surface area contributed by atoms with E-state index in [1.807, 2.05) is 0 Å². The lowest BCUT2D eigenvalue weighted by Crippen LogP contribution is -2.35. The van der Waals surface area contributed by atoms with Gasteiger partial charge in [-0.3, -0.25) is 4.99 Å². The second-order valence-corrected chi connectivity index (χ2v) is 6.42. The summed E-state index contributed by atoms with van der Waals surface area (Å²) >= 11 is 1.76. The van der Waals surface area contributed by atoms with Gasteiger partial charge < -0.3 is 15.4 Å². The van der Waals surface area contributed by atoms with E-state index >= 15 is 0 Å². The Kier molecular flexibility index (Phi) is 3.07. The van der Waals surface area contributed by atoms with Gasteiger partial charge in [-0.2, -0.15) is 0 Å². The molecule has 0 fully saturated rings. The zero-order chi connectivity index (χ0) is 14.2. The van der Waals surface area contributed by atoms with E-state index in [1.54, 1.807) is 11.3 Å². The summed E-state index contributed by atoms with van der Waals surface area (Å²) in [5, 5.41) is 2.10. The third kappa shape index (κ3) is 2.27. The van der Waals surface area contributed by atoms with Crippen molar-refractivity contribution >= 4 is 17.3 Å². The molecule has 0 spiro atoms. The van der Waals surface area contributed by atoms with Crippen LogP contribution in [0.25, 0.3) is 0 Å². The third-order valence-electron chi connectivity index (χ3n) is 4.10. The van der Waals surface area contributed by atoms with Gasteiger partial charge in [0.05, 0.1) is 25.7 Å². The van der Waals surface area contributed by atoms with Crippen LogP contribution in [-0.4, -0.2) is 24.0 Å². The summed E-state index contributed by atoms with van der Waals surface area (Å²) in [5.74, 6) is 1.67.